The Balaban J connectivity index is 1.82. The zero-order valence-corrected chi connectivity index (χ0v) is 19.1. The number of methoxy groups -OCH3 is 1. The van der Waals surface area contributed by atoms with Crippen molar-refractivity contribution in [3.8, 4) is 0 Å². The fraction of sp³-hybridized carbons (Fsp3) is 0.409. The SMILES string of the molecule is C=C(/C=C\C(Cl)=C(/N)OC)NC[C@H]1CC[C@H](NC(=O)c2cc(C(F)(F)F)ccc2Cl)CC1. The molecule has 0 atom stereocenters. The highest BCUT2D eigenvalue weighted by Gasteiger charge is 2.32. The van der Waals surface area contributed by atoms with Crippen LogP contribution in [0.5, 0.6) is 0 Å². The van der Waals surface area contributed by atoms with E-state index in [0.29, 0.717) is 18.2 Å². The first-order valence-corrected chi connectivity index (χ1v) is 10.7. The largest absolute Gasteiger partial charge is 0.482 e. The first-order valence-electron chi connectivity index (χ1n) is 9.99. The Hall–Kier alpha value is -2.32. The van der Waals surface area contributed by atoms with Crippen molar-refractivity contribution in [2.45, 2.75) is 37.9 Å². The third-order valence-corrected chi connectivity index (χ3v) is 5.87. The number of nitrogens with one attached hydrogen (secondary N) is 2. The van der Waals surface area contributed by atoms with Crippen LogP contribution < -0.4 is 16.4 Å². The third kappa shape index (κ3) is 7.67. The minimum atomic E-state index is -4.54. The Kier molecular flexibility index (Phi) is 9.33. The van der Waals surface area contributed by atoms with Gasteiger partial charge in [-0.1, -0.05) is 29.8 Å². The molecule has 0 unspecified atom stereocenters. The van der Waals surface area contributed by atoms with E-state index in [-0.39, 0.29) is 27.5 Å². The Morgan fingerprint density at radius 3 is 2.53 bits per heavy atom. The van der Waals surface area contributed by atoms with Crippen LogP contribution in [0.25, 0.3) is 0 Å². The van der Waals surface area contributed by atoms with Gasteiger partial charge in [0.2, 0.25) is 5.88 Å². The molecule has 0 spiro atoms. The second-order valence-electron chi connectivity index (χ2n) is 7.54. The van der Waals surface area contributed by atoms with Crippen molar-refractivity contribution < 1.29 is 22.7 Å². The molecule has 176 valence electrons. The molecule has 1 aromatic rings. The van der Waals surface area contributed by atoms with E-state index in [1.54, 1.807) is 12.2 Å². The topological polar surface area (TPSA) is 76.4 Å². The predicted molar refractivity (Wildman–Crippen MR) is 120 cm³/mol. The van der Waals surface area contributed by atoms with E-state index in [0.717, 1.165) is 43.9 Å². The van der Waals surface area contributed by atoms with Gasteiger partial charge in [-0.15, -0.1) is 0 Å². The first kappa shape index (κ1) is 25.9. The Labute approximate surface area is 195 Å². The van der Waals surface area contributed by atoms with E-state index < -0.39 is 17.6 Å². The van der Waals surface area contributed by atoms with E-state index >= 15 is 0 Å². The minimum Gasteiger partial charge on any atom is -0.482 e. The van der Waals surface area contributed by atoms with Crippen molar-refractivity contribution in [1.82, 2.24) is 10.6 Å². The lowest BCUT2D eigenvalue weighted by Crippen LogP contribution is -2.39. The molecule has 4 N–H and O–H groups in total. The number of alkyl halides is 3. The van der Waals surface area contributed by atoms with E-state index in [4.69, 9.17) is 33.7 Å². The van der Waals surface area contributed by atoms with Crippen LogP contribution in [0, 0.1) is 5.92 Å². The molecule has 1 aliphatic rings. The zero-order valence-electron chi connectivity index (χ0n) is 17.6. The summed E-state index contributed by atoms with van der Waals surface area (Å²) in [5.41, 5.74) is 5.14. The van der Waals surface area contributed by atoms with Crippen molar-refractivity contribution in [3.63, 3.8) is 0 Å². The highest BCUT2D eigenvalue weighted by Crippen LogP contribution is 2.32. The molecule has 1 saturated carbocycles. The Morgan fingerprint density at radius 2 is 1.94 bits per heavy atom. The third-order valence-electron chi connectivity index (χ3n) is 5.22. The summed E-state index contributed by atoms with van der Waals surface area (Å²) in [5, 5.41) is 6.28. The molecule has 1 fully saturated rings. The molecular weight excluding hydrogens is 466 g/mol. The first-order chi connectivity index (χ1) is 15.0. The van der Waals surface area contributed by atoms with E-state index in [1.807, 2.05) is 0 Å². The van der Waals surface area contributed by atoms with Gasteiger partial charge in [-0.25, -0.2) is 0 Å². The number of ether oxygens (including phenoxy) is 1. The number of hydrogen-bond donors (Lipinski definition) is 3. The van der Waals surface area contributed by atoms with Crippen molar-refractivity contribution in [1.29, 1.82) is 0 Å². The highest BCUT2D eigenvalue weighted by atomic mass is 35.5. The van der Waals surface area contributed by atoms with Gasteiger partial charge in [0.15, 0.2) is 0 Å². The minimum absolute atomic E-state index is 0.0119. The standard InChI is InChI=1S/C22H26Cl2F3N3O2/c1-13(3-9-19(24)20(28)32-2)29-12-14-4-7-16(8-5-14)30-21(31)17-11-15(22(25,26)27)6-10-18(17)23/h3,6,9-11,14,16,29H,1,4-5,7-8,12,28H2,2H3,(H,30,31)/b9-3-,20-19-/t14-,16-. The lowest BCUT2D eigenvalue weighted by molar-refractivity contribution is -0.137. The quantitative estimate of drug-likeness (QED) is 0.339. The van der Waals surface area contributed by atoms with Gasteiger partial charge in [-0.2, -0.15) is 13.2 Å². The number of nitrogens with two attached hydrogens (primary N) is 1. The Bertz CT molecular complexity index is 893. The molecule has 2 rings (SSSR count). The Morgan fingerprint density at radius 1 is 1.28 bits per heavy atom. The molecular formula is C22H26Cl2F3N3O2. The number of halogens is 5. The molecule has 5 nitrogen and oxygen atoms in total. The number of amides is 1. The van der Waals surface area contributed by atoms with Gasteiger partial charge in [0.1, 0.15) is 5.03 Å². The van der Waals surface area contributed by atoms with Crippen molar-refractivity contribution >= 4 is 29.1 Å². The van der Waals surface area contributed by atoms with Crippen molar-refractivity contribution in [2.75, 3.05) is 13.7 Å². The lowest BCUT2D eigenvalue weighted by atomic mass is 9.86. The molecule has 0 bridgehead atoms. The molecule has 0 saturated heterocycles. The molecule has 10 heteroatoms. The second kappa shape index (κ2) is 11.5. The predicted octanol–water partition coefficient (Wildman–Crippen LogP) is 5.32. The zero-order chi connectivity index (χ0) is 23.9. The van der Waals surface area contributed by atoms with Crippen LogP contribution in [0.15, 0.2) is 53.5 Å². The summed E-state index contributed by atoms with van der Waals surface area (Å²) in [6, 6.07) is 2.62. The van der Waals surface area contributed by atoms with Crippen LogP contribution in [0.4, 0.5) is 13.2 Å². The lowest BCUT2D eigenvalue weighted by Gasteiger charge is -2.29. The molecule has 1 aliphatic carbocycles. The van der Waals surface area contributed by atoms with Gasteiger partial charge in [-0.3, -0.25) is 4.79 Å². The average Bonchev–Trinajstić information content (AvgIpc) is 2.75. The van der Waals surface area contributed by atoms with Crippen molar-refractivity contribution in [2.24, 2.45) is 11.7 Å². The molecule has 1 amide bonds. The molecule has 32 heavy (non-hydrogen) atoms. The van der Waals surface area contributed by atoms with Gasteiger partial charge >= 0.3 is 6.18 Å². The average molecular weight is 492 g/mol. The molecule has 0 heterocycles. The van der Waals surface area contributed by atoms with Crippen LogP contribution in [-0.2, 0) is 10.9 Å². The maximum absolute atomic E-state index is 12.9. The second-order valence-corrected chi connectivity index (χ2v) is 8.35. The highest BCUT2D eigenvalue weighted by molar-refractivity contribution is 6.33. The van der Waals surface area contributed by atoms with Crippen LogP contribution in [0.3, 0.4) is 0 Å². The number of hydrogen-bond acceptors (Lipinski definition) is 4. The van der Waals surface area contributed by atoms with Crippen molar-refractivity contribution in [3.05, 3.63) is 69.7 Å². The van der Waals surface area contributed by atoms with Gasteiger partial charge in [-0.05, 0) is 62.0 Å². The summed E-state index contributed by atoms with van der Waals surface area (Å²) < 4.78 is 43.6. The molecule has 1 aromatic carbocycles. The van der Waals surface area contributed by atoms with Gasteiger partial charge < -0.3 is 21.1 Å². The fourth-order valence-electron chi connectivity index (χ4n) is 3.34. The maximum atomic E-state index is 12.9. The van der Waals surface area contributed by atoms with Crippen LogP contribution >= 0.6 is 23.2 Å². The molecule has 0 aromatic heterocycles. The van der Waals surface area contributed by atoms with Gasteiger partial charge in [0.05, 0.1) is 23.3 Å². The van der Waals surface area contributed by atoms with Gasteiger partial charge in [0, 0.05) is 18.3 Å². The summed E-state index contributed by atoms with van der Waals surface area (Å²) >= 11 is 11.9. The van der Waals surface area contributed by atoms with E-state index in [1.165, 1.54) is 7.11 Å². The van der Waals surface area contributed by atoms with Gasteiger partial charge in [0.25, 0.3) is 5.91 Å². The van der Waals surface area contributed by atoms with Crippen LogP contribution in [0.2, 0.25) is 5.02 Å². The molecule has 0 aliphatic heterocycles. The number of rotatable bonds is 8. The summed E-state index contributed by atoms with van der Waals surface area (Å²) in [6.07, 6.45) is 1.87. The van der Waals surface area contributed by atoms with Crippen LogP contribution in [-0.4, -0.2) is 25.6 Å². The smallest absolute Gasteiger partial charge is 0.416 e. The van der Waals surface area contributed by atoms with E-state index in [9.17, 15) is 18.0 Å². The van der Waals surface area contributed by atoms with Crippen LogP contribution in [0.1, 0.15) is 41.6 Å². The summed E-state index contributed by atoms with van der Waals surface area (Å²) in [6.45, 7) is 4.61. The fourth-order valence-corrected chi connectivity index (χ4v) is 3.68. The normalized spacial score (nSPS) is 19.9. The van der Waals surface area contributed by atoms with E-state index in [2.05, 4.69) is 17.2 Å². The number of benzene rings is 1. The summed E-state index contributed by atoms with van der Waals surface area (Å²) in [7, 11) is 1.42. The summed E-state index contributed by atoms with van der Waals surface area (Å²) in [4.78, 5) is 12.5. The maximum Gasteiger partial charge on any atom is 0.416 e. The molecule has 0 radical (unpaired) electrons. The monoisotopic (exact) mass is 491 g/mol. The number of allylic oxidation sites excluding steroid dienone is 3. The number of carbonyl (C=O) groups excluding carboxylic acids is 1. The number of carbonyl (C=O) groups is 1. The summed E-state index contributed by atoms with van der Waals surface area (Å²) in [5.74, 6) is -0.107.